The van der Waals surface area contributed by atoms with Crippen molar-refractivity contribution in [2.24, 2.45) is 0 Å². The Kier molecular flexibility index (Phi) is 9.08. The Balaban J connectivity index is 0.00000625. The third-order valence-corrected chi connectivity index (χ3v) is 3.42. The van der Waals surface area contributed by atoms with Crippen LogP contribution in [0.25, 0.3) is 0 Å². The fraction of sp³-hybridized carbons (Fsp3) is 0.462. The van der Waals surface area contributed by atoms with Crippen molar-refractivity contribution in [2.45, 2.75) is 13.8 Å². The molecule has 1 aromatic rings. The lowest BCUT2D eigenvalue weighted by Crippen LogP contribution is -3.00. The topological polar surface area (TPSA) is 159 Å². The first-order chi connectivity index (χ1) is 11.7. The van der Waals surface area contributed by atoms with Gasteiger partial charge in [-0.3, -0.25) is 30.3 Å². The summed E-state index contributed by atoms with van der Waals surface area (Å²) in [6.07, 6.45) is 0. The molecule has 0 aliphatic carbocycles. The quantitative estimate of drug-likeness (QED) is 0.289. The number of rotatable bonds is 9. The van der Waals surface area contributed by atoms with E-state index in [1.807, 2.05) is 18.7 Å². The van der Waals surface area contributed by atoms with Crippen LogP contribution >= 0.6 is 0 Å². The first kappa shape index (κ1) is 23.1. The normalized spacial score (nSPS) is 10.1. The number of nitro benzene ring substituents is 3. The zero-order chi connectivity index (χ0) is 19.1. The lowest BCUT2D eigenvalue weighted by atomic mass is 10.1. The highest BCUT2D eigenvalue weighted by atomic mass is 35.5. The summed E-state index contributed by atoms with van der Waals surface area (Å²) >= 11 is 0. The highest BCUT2D eigenvalue weighted by Crippen LogP contribution is 2.34. The minimum atomic E-state index is -1.28. The molecule has 1 rings (SSSR count). The molecule has 0 saturated heterocycles. The van der Waals surface area contributed by atoms with E-state index in [0.29, 0.717) is 31.8 Å². The smallest absolute Gasteiger partial charge is 0.352 e. The maximum absolute atomic E-state index is 12.1. The van der Waals surface area contributed by atoms with Crippen molar-refractivity contribution < 1.29 is 36.7 Å². The van der Waals surface area contributed by atoms with Crippen LogP contribution < -0.4 is 12.4 Å². The van der Waals surface area contributed by atoms with Crippen LogP contribution in [0.5, 0.6) is 0 Å². The maximum Gasteiger partial charge on any atom is 0.352 e. The van der Waals surface area contributed by atoms with Crippen molar-refractivity contribution in [1.82, 2.24) is 4.90 Å². The van der Waals surface area contributed by atoms with Crippen molar-refractivity contribution in [3.8, 4) is 0 Å². The number of hydrogen-bond acceptors (Lipinski definition) is 9. The van der Waals surface area contributed by atoms with Crippen LogP contribution in [0.2, 0.25) is 0 Å². The van der Waals surface area contributed by atoms with Crippen molar-refractivity contribution in [3.63, 3.8) is 0 Å². The molecule has 0 aliphatic heterocycles. The second-order valence-corrected chi connectivity index (χ2v) is 4.79. The Labute approximate surface area is 153 Å². The number of carbonyl (C=O) groups excluding carboxylic acids is 1. The highest BCUT2D eigenvalue weighted by molar-refractivity contribution is 5.99. The molecule has 13 heteroatoms. The van der Waals surface area contributed by atoms with E-state index in [-0.39, 0.29) is 19.0 Å². The van der Waals surface area contributed by atoms with Gasteiger partial charge in [0.05, 0.1) is 26.9 Å². The van der Waals surface area contributed by atoms with E-state index >= 15 is 0 Å². The molecule has 0 saturated carbocycles. The van der Waals surface area contributed by atoms with Gasteiger partial charge in [-0.1, -0.05) is 13.8 Å². The third kappa shape index (κ3) is 5.60. The fourth-order valence-electron chi connectivity index (χ4n) is 2.08. The minimum absolute atomic E-state index is 0. The standard InChI is InChI=1S/C13H16N4O8.ClH/c1-3-14(4-2)5-6-25-13(18)12-10(16(21)22)7-9(15(19)20)8-11(12)17(23)24;/h7-8H,3-6H2,1-2H3;1H/p-1. The molecule has 0 aliphatic rings. The molecular weight excluding hydrogens is 376 g/mol. The second kappa shape index (κ2) is 10.2. The van der Waals surface area contributed by atoms with Crippen LogP contribution in [0.3, 0.4) is 0 Å². The number of esters is 1. The van der Waals surface area contributed by atoms with Crippen LogP contribution in [0, 0.1) is 30.3 Å². The molecule has 0 heterocycles. The third-order valence-electron chi connectivity index (χ3n) is 3.42. The summed E-state index contributed by atoms with van der Waals surface area (Å²) < 4.78 is 4.88. The summed E-state index contributed by atoms with van der Waals surface area (Å²) in [6, 6.07) is 0.988. The highest BCUT2D eigenvalue weighted by Gasteiger charge is 2.35. The zero-order valence-electron chi connectivity index (χ0n) is 13.9. The van der Waals surface area contributed by atoms with Crippen molar-refractivity contribution in [1.29, 1.82) is 0 Å². The Hall–Kier alpha value is -2.86. The van der Waals surface area contributed by atoms with Gasteiger partial charge in [-0.2, -0.15) is 0 Å². The van der Waals surface area contributed by atoms with Crippen LogP contribution in [-0.2, 0) is 4.74 Å². The van der Waals surface area contributed by atoms with Gasteiger partial charge in [0.1, 0.15) is 6.61 Å². The first-order valence-corrected chi connectivity index (χ1v) is 7.23. The minimum Gasteiger partial charge on any atom is -1.00 e. The summed E-state index contributed by atoms with van der Waals surface area (Å²) in [5, 5.41) is 33.0. The SMILES string of the molecule is CCN(CC)CCOC(=O)c1c([N+](=O)[O-])cc([N+](=O)[O-])cc1[N+](=O)[O-].[Cl-]. The van der Waals surface area contributed by atoms with Gasteiger partial charge in [-0.05, 0) is 13.1 Å². The van der Waals surface area contributed by atoms with Crippen molar-refractivity contribution >= 4 is 23.0 Å². The Morgan fingerprint density at radius 2 is 1.46 bits per heavy atom. The Bertz CT molecular complexity index is 672. The summed E-state index contributed by atoms with van der Waals surface area (Å²) in [4.78, 5) is 43.8. The van der Waals surface area contributed by atoms with E-state index < -0.39 is 43.4 Å². The molecule has 0 amide bonds. The van der Waals surface area contributed by atoms with Gasteiger partial charge in [0.15, 0.2) is 0 Å². The average Bonchev–Trinajstić information content (AvgIpc) is 2.56. The van der Waals surface area contributed by atoms with Crippen LogP contribution in [0.4, 0.5) is 17.1 Å². The van der Waals surface area contributed by atoms with Crippen LogP contribution in [0.15, 0.2) is 12.1 Å². The molecule has 0 fully saturated rings. The fourth-order valence-corrected chi connectivity index (χ4v) is 2.08. The van der Waals surface area contributed by atoms with E-state index in [9.17, 15) is 35.1 Å². The predicted molar refractivity (Wildman–Crippen MR) is 84.5 cm³/mol. The van der Waals surface area contributed by atoms with E-state index in [0.717, 1.165) is 0 Å². The average molecular weight is 392 g/mol. The molecule has 0 radical (unpaired) electrons. The number of nitro groups is 3. The molecule has 0 unspecified atom stereocenters. The van der Waals surface area contributed by atoms with E-state index in [4.69, 9.17) is 4.74 Å². The van der Waals surface area contributed by atoms with Gasteiger partial charge in [0.2, 0.25) is 5.56 Å². The molecule has 0 spiro atoms. The first-order valence-electron chi connectivity index (χ1n) is 7.23. The summed E-state index contributed by atoms with van der Waals surface area (Å²) in [6.45, 7) is 5.35. The van der Waals surface area contributed by atoms with E-state index in [2.05, 4.69) is 0 Å². The summed E-state index contributed by atoms with van der Waals surface area (Å²) in [7, 11) is 0. The van der Waals surface area contributed by atoms with Crippen molar-refractivity contribution in [2.75, 3.05) is 26.2 Å². The lowest BCUT2D eigenvalue weighted by molar-refractivity contribution is -0.403. The van der Waals surface area contributed by atoms with Gasteiger partial charge >= 0.3 is 5.97 Å². The van der Waals surface area contributed by atoms with Crippen LogP contribution in [0.1, 0.15) is 24.2 Å². The number of halogens is 1. The van der Waals surface area contributed by atoms with Crippen molar-refractivity contribution in [3.05, 3.63) is 48.0 Å². The van der Waals surface area contributed by atoms with E-state index in [1.54, 1.807) is 0 Å². The number of carbonyl (C=O) groups is 1. The largest absolute Gasteiger partial charge is 1.00 e. The molecule has 26 heavy (non-hydrogen) atoms. The van der Waals surface area contributed by atoms with Crippen LogP contribution in [-0.4, -0.2) is 51.9 Å². The lowest BCUT2D eigenvalue weighted by Gasteiger charge is -2.17. The van der Waals surface area contributed by atoms with Gasteiger partial charge in [-0.25, -0.2) is 4.79 Å². The number of benzene rings is 1. The molecule has 0 aromatic heterocycles. The summed E-state index contributed by atoms with van der Waals surface area (Å²) in [5.41, 5.74) is -3.87. The van der Waals surface area contributed by atoms with Gasteiger partial charge in [0, 0.05) is 6.54 Å². The number of non-ortho nitro benzene ring substituents is 1. The monoisotopic (exact) mass is 391 g/mol. The van der Waals surface area contributed by atoms with Gasteiger partial charge in [-0.15, -0.1) is 0 Å². The number of ether oxygens (including phenoxy) is 1. The maximum atomic E-state index is 12.1. The summed E-state index contributed by atoms with van der Waals surface area (Å²) in [5.74, 6) is -1.28. The molecular formula is C13H16ClN4O8-. The molecule has 12 nitrogen and oxygen atoms in total. The predicted octanol–water partition coefficient (Wildman–Crippen LogP) is -1.09. The molecule has 144 valence electrons. The van der Waals surface area contributed by atoms with E-state index in [1.165, 1.54) is 0 Å². The Morgan fingerprint density at radius 3 is 1.81 bits per heavy atom. The molecule has 0 bridgehead atoms. The Morgan fingerprint density at radius 1 is 1.00 bits per heavy atom. The number of likely N-dealkylation sites (N-methyl/N-ethyl adjacent to an activating group) is 1. The second-order valence-electron chi connectivity index (χ2n) is 4.79. The number of nitrogens with zero attached hydrogens (tertiary/aromatic N) is 4. The van der Waals surface area contributed by atoms with Gasteiger partial charge < -0.3 is 22.0 Å². The molecule has 0 N–H and O–H groups in total. The van der Waals surface area contributed by atoms with Gasteiger partial charge in [0.25, 0.3) is 17.1 Å². The zero-order valence-corrected chi connectivity index (χ0v) is 14.7. The number of hydrogen-bond donors (Lipinski definition) is 0. The molecule has 1 aromatic carbocycles. The molecule has 0 atom stereocenters.